The second kappa shape index (κ2) is 6.00. The first-order valence-electron chi connectivity index (χ1n) is 7.36. The van der Waals surface area contributed by atoms with Gasteiger partial charge in [-0.1, -0.05) is 39.0 Å². The Kier molecular flexibility index (Phi) is 4.72. The van der Waals surface area contributed by atoms with Crippen molar-refractivity contribution in [1.29, 1.82) is 0 Å². The lowest BCUT2D eigenvalue weighted by Crippen LogP contribution is -2.48. The molecular weight excluding hydrogens is 272 g/mol. The van der Waals surface area contributed by atoms with E-state index in [4.69, 9.17) is 9.72 Å². The lowest BCUT2D eigenvalue weighted by molar-refractivity contribution is 0.0299. The third-order valence-electron chi connectivity index (χ3n) is 3.72. The summed E-state index contributed by atoms with van der Waals surface area (Å²) in [6, 6.07) is 0.386. The highest BCUT2D eigenvalue weighted by atomic mass is 32.1. The average Bonchev–Trinajstić information content (AvgIpc) is 2.82. The van der Waals surface area contributed by atoms with E-state index in [0.717, 1.165) is 35.3 Å². The van der Waals surface area contributed by atoms with E-state index in [2.05, 4.69) is 39.5 Å². The average molecular weight is 298 g/mol. The summed E-state index contributed by atoms with van der Waals surface area (Å²) in [5.41, 5.74) is 0.987. The van der Waals surface area contributed by atoms with Crippen LogP contribution < -0.4 is 4.90 Å². The normalized spacial score (nSPS) is 24.2. The number of anilines is 1. The highest BCUT2D eigenvalue weighted by Crippen LogP contribution is 2.35. The van der Waals surface area contributed by atoms with Crippen molar-refractivity contribution in [3.8, 4) is 0 Å². The molecule has 0 amide bonds. The molecule has 2 heterocycles. The van der Waals surface area contributed by atoms with Crippen LogP contribution in [0.3, 0.4) is 0 Å². The number of aliphatic hydroxyl groups is 1. The van der Waals surface area contributed by atoms with Crippen molar-refractivity contribution in [3.05, 3.63) is 10.6 Å². The van der Waals surface area contributed by atoms with Crippen molar-refractivity contribution in [3.63, 3.8) is 0 Å². The Morgan fingerprint density at radius 1 is 1.45 bits per heavy atom. The van der Waals surface area contributed by atoms with Crippen molar-refractivity contribution in [2.24, 2.45) is 0 Å². The zero-order valence-corrected chi connectivity index (χ0v) is 14.0. The Labute approximate surface area is 125 Å². The predicted molar refractivity (Wildman–Crippen MR) is 83.6 cm³/mol. The maximum absolute atomic E-state index is 9.60. The maximum Gasteiger partial charge on any atom is 0.186 e. The second-order valence-electron chi connectivity index (χ2n) is 6.53. The van der Waals surface area contributed by atoms with E-state index in [1.54, 1.807) is 11.3 Å². The van der Waals surface area contributed by atoms with Crippen molar-refractivity contribution in [1.82, 2.24) is 4.98 Å². The van der Waals surface area contributed by atoms with Crippen LogP contribution >= 0.6 is 11.3 Å². The van der Waals surface area contributed by atoms with E-state index in [0.29, 0.717) is 6.04 Å². The summed E-state index contributed by atoms with van der Waals surface area (Å²) in [6.45, 7) is 12.4. The Morgan fingerprint density at radius 3 is 2.65 bits per heavy atom. The van der Waals surface area contributed by atoms with E-state index >= 15 is 0 Å². The molecule has 1 aliphatic rings. The van der Waals surface area contributed by atoms with Gasteiger partial charge < -0.3 is 14.7 Å². The minimum absolute atomic E-state index is 0.0353. The molecule has 0 aliphatic carbocycles. The molecule has 1 aromatic rings. The van der Waals surface area contributed by atoms with Crippen LogP contribution in [0, 0.1) is 0 Å². The molecule has 0 radical (unpaired) electrons. The SMILES string of the molecule is CCC1COC(C)CN1c1nc(C(C)(C)C)c(CO)s1. The van der Waals surface area contributed by atoms with Crippen molar-refractivity contribution < 1.29 is 9.84 Å². The molecular formula is C15H26N2O2S. The molecule has 2 rings (SSSR count). The third kappa shape index (κ3) is 3.15. The van der Waals surface area contributed by atoms with E-state index < -0.39 is 0 Å². The first kappa shape index (κ1) is 15.7. The van der Waals surface area contributed by atoms with Crippen molar-refractivity contribution in [2.45, 2.75) is 65.2 Å². The fourth-order valence-corrected chi connectivity index (χ4v) is 3.78. The Bertz CT molecular complexity index is 453. The van der Waals surface area contributed by atoms with Gasteiger partial charge in [-0.15, -0.1) is 0 Å². The van der Waals surface area contributed by atoms with Crippen LogP contribution in [0.4, 0.5) is 5.13 Å². The predicted octanol–water partition coefficient (Wildman–Crippen LogP) is 2.94. The number of hydrogen-bond acceptors (Lipinski definition) is 5. The molecule has 0 aromatic carbocycles. The molecule has 20 heavy (non-hydrogen) atoms. The quantitative estimate of drug-likeness (QED) is 0.932. The van der Waals surface area contributed by atoms with E-state index in [1.165, 1.54) is 0 Å². The van der Waals surface area contributed by atoms with E-state index in [9.17, 15) is 5.11 Å². The smallest absolute Gasteiger partial charge is 0.186 e. The molecule has 1 N–H and O–H groups in total. The molecule has 5 heteroatoms. The zero-order chi connectivity index (χ0) is 14.9. The van der Waals surface area contributed by atoms with Crippen molar-refractivity contribution in [2.75, 3.05) is 18.1 Å². The molecule has 4 nitrogen and oxygen atoms in total. The molecule has 0 bridgehead atoms. The lowest BCUT2D eigenvalue weighted by atomic mass is 9.91. The summed E-state index contributed by atoms with van der Waals surface area (Å²) in [4.78, 5) is 8.18. The number of nitrogens with zero attached hydrogens (tertiary/aromatic N) is 2. The summed E-state index contributed by atoms with van der Waals surface area (Å²) in [5.74, 6) is 0. The fraction of sp³-hybridized carbons (Fsp3) is 0.800. The van der Waals surface area contributed by atoms with Crippen LogP contribution in [-0.4, -0.2) is 35.4 Å². The van der Waals surface area contributed by atoms with Gasteiger partial charge in [0.1, 0.15) is 0 Å². The number of morpholine rings is 1. The number of thiazole rings is 1. The summed E-state index contributed by atoms with van der Waals surface area (Å²) < 4.78 is 5.75. The number of ether oxygens (including phenoxy) is 1. The van der Waals surface area contributed by atoms with Gasteiger partial charge in [-0.3, -0.25) is 0 Å². The molecule has 114 valence electrons. The minimum atomic E-state index is -0.0353. The number of aromatic nitrogens is 1. The zero-order valence-electron chi connectivity index (χ0n) is 13.1. The van der Waals surface area contributed by atoms with Gasteiger partial charge in [0.25, 0.3) is 0 Å². The summed E-state index contributed by atoms with van der Waals surface area (Å²) >= 11 is 1.62. The third-order valence-corrected chi connectivity index (χ3v) is 4.80. The standard InChI is InChI=1S/C15H26N2O2S/c1-6-11-9-19-10(2)7-17(11)14-16-13(15(3,4)5)12(8-18)20-14/h10-11,18H,6-9H2,1-5H3. The van der Waals surface area contributed by atoms with Gasteiger partial charge >= 0.3 is 0 Å². The van der Waals surface area contributed by atoms with Crippen LogP contribution in [0.2, 0.25) is 0 Å². The molecule has 0 spiro atoms. The van der Waals surface area contributed by atoms with Crippen LogP contribution in [0.5, 0.6) is 0 Å². The van der Waals surface area contributed by atoms with Gasteiger partial charge in [0, 0.05) is 12.0 Å². The highest BCUT2D eigenvalue weighted by molar-refractivity contribution is 7.15. The van der Waals surface area contributed by atoms with Gasteiger partial charge in [0.15, 0.2) is 5.13 Å². The first-order valence-corrected chi connectivity index (χ1v) is 8.17. The Hall–Kier alpha value is -0.650. The monoisotopic (exact) mass is 298 g/mol. The summed E-state index contributed by atoms with van der Waals surface area (Å²) in [7, 11) is 0. The maximum atomic E-state index is 9.60. The largest absolute Gasteiger partial charge is 0.391 e. The fourth-order valence-electron chi connectivity index (χ4n) is 2.57. The van der Waals surface area contributed by atoms with Crippen LogP contribution in [-0.2, 0) is 16.8 Å². The van der Waals surface area contributed by atoms with Gasteiger partial charge in [-0.05, 0) is 13.3 Å². The van der Waals surface area contributed by atoms with Crippen LogP contribution in [0.25, 0.3) is 0 Å². The molecule has 2 atom stereocenters. The topological polar surface area (TPSA) is 45.6 Å². The highest BCUT2D eigenvalue weighted by Gasteiger charge is 2.30. The van der Waals surface area contributed by atoms with Crippen LogP contribution in [0.15, 0.2) is 0 Å². The Morgan fingerprint density at radius 2 is 2.15 bits per heavy atom. The lowest BCUT2D eigenvalue weighted by Gasteiger charge is -2.38. The van der Waals surface area contributed by atoms with Gasteiger partial charge in [0.05, 0.1) is 35.9 Å². The van der Waals surface area contributed by atoms with Crippen LogP contribution in [0.1, 0.15) is 51.6 Å². The number of hydrogen-bond donors (Lipinski definition) is 1. The van der Waals surface area contributed by atoms with E-state index in [1.807, 2.05) is 0 Å². The molecule has 1 aliphatic heterocycles. The van der Waals surface area contributed by atoms with Gasteiger partial charge in [0.2, 0.25) is 0 Å². The number of rotatable bonds is 3. The molecule has 2 unspecified atom stereocenters. The molecule has 1 fully saturated rings. The molecule has 1 aromatic heterocycles. The van der Waals surface area contributed by atoms with E-state index in [-0.39, 0.29) is 18.1 Å². The Balaban J connectivity index is 2.33. The van der Waals surface area contributed by atoms with Gasteiger partial charge in [-0.2, -0.15) is 0 Å². The van der Waals surface area contributed by atoms with Crippen molar-refractivity contribution >= 4 is 16.5 Å². The molecule has 1 saturated heterocycles. The number of aliphatic hydroxyl groups excluding tert-OH is 1. The summed E-state index contributed by atoms with van der Waals surface area (Å²) in [6.07, 6.45) is 1.28. The minimum Gasteiger partial charge on any atom is -0.391 e. The second-order valence-corrected chi connectivity index (χ2v) is 7.60. The first-order chi connectivity index (χ1) is 9.36. The summed E-state index contributed by atoms with van der Waals surface area (Å²) in [5, 5.41) is 10.6. The van der Waals surface area contributed by atoms with Gasteiger partial charge in [-0.25, -0.2) is 4.98 Å². The molecule has 0 saturated carbocycles.